The van der Waals surface area contributed by atoms with Crippen LogP contribution >= 0.6 is 0 Å². The number of carbonyl (C=O) groups is 1. The molecule has 0 atom stereocenters. The van der Waals surface area contributed by atoms with Crippen LogP contribution in [0, 0.1) is 5.82 Å². The fraction of sp³-hybridized carbons (Fsp3) is 0.333. The number of hydrogen-bond acceptors (Lipinski definition) is 7. The summed E-state index contributed by atoms with van der Waals surface area (Å²) < 4.78 is 64.0. The van der Waals surface area contributed by atoms with E-state index in [1.807, 2.05) is 6.92 Å². The van der Waals surface area contributed by atoms with Crippen LogP contribution in [-0.4, -0.2) is 49.5 Å². The summed E-state index contributed by atoms with van der Waals surface area (Å²) in [5, 5.41) is 21.0. The average Bonchev–Trinajstić information content (AvgIpc) is 3.49. The third kappa shape index (κ3) is 6.37. The largest absolute Gasteiger partial charge is 0.416 e. The summed E-state index contributed by atoms with van der Waals surface area (Å²) in [6.45, 7) is 4.69. The fourth-order valence-electron chi connectivity index (χ4n) is 4.97. The van der Waals surface area contributed by atoms with Crippen LogP contribution in [0.25, 0.3) is 22.5 Å². The van der Waals surface area contributed by atoms with E-state index < -0.39 is 29.1 Å². The number of anilines is 2. The Balaban J connectivity index is 1.58. The van der Waals surface area contributed by atoms with E-state index in [9.17, 15) is 27.5 Å². The van der Waals surface area contributed by atoms with Gasteiger partial charge in [-0.15, -0.1) is 10.2 Å². The molecule has 0 fully saturated rings. The Morgan fingerprint density at radius 3 is 2.49 bits per heavy atom. The van der Waals surface area contributed by atoms with Crippen LogP contribution in [0.2, 0.25) is 0 Å². The van der Waals surface area contributed by atoms with Gasteiger partial charge in [0.1, 0.15) is 23.8 Å². The summed E-state index contributed by atoms with van der Waals surface area (Å²) in [4.78, 5) is 19.4. The molecule has 0 unspecified atom stereocenters. The number of hydrogen-bond donors (Lipinski definition) is 2. The molecule has 0 saturated heterocycles. The van der Waals surface area contributed by atoms with Gasteiger partial charge in [-0.2, -0.15) is 13.2 Å². The Labute approximate surface area is 245 Å². The van der Waals surface area contributed by atoms with Crippen LogP contribution < -0.4 is 10.2 Å². The van der Waals surface area contributed by atoms with Crippen molar-refractivity contribution in [2.24, 2.45) is 7.05 Å². The lowest BCUT2D eigenvalue weighted by Gasteiger charge is -2.19. The van der Waals surface area contributed by atoms with Crippen LogP contribution in [0.5, 0.6) is 0 Å². The van der Waals surface area contributed by atoms with E-state index in [1.165, 1.54) is 43.3 Å². The van der Waals surface area contributed by atoms with Gasteiger partial charge in [0, 0.05) is 24.7 Å². The minimum atomic E-state index is -4.73. The third-order valence-electron chi connectivity index (χ3n) is 6.82. The van der Waals surface area contributed by atoms with Crippen molar-refractivity contribution in [1.29, 1.82) is 0 Å². The van der Waals surface area contributed by atoms with Gasteiger partial charge in [-0.25, -0.2) is 9.37 Å². The average molecular weight is 599 g/mol. The highest BCUT2D eigenvalue weighted by Crippen LogP contribution is 2.41. The predicted octanol–water partition coefficient (Wildman–Crippen LogP) is 5.58. The number of halogens is 4. The number of benzene rings is 2. The molecule has 0 saturated carbocycles. The number of ether oxygens (including phenoxy) is 1. The van der Waals surface area contributed by atoms with Gasteiger partial charge in [-0.1, -0.05) is 6.07 Å². The quantitative estimate of drug-likeness (QED) is 0.242. The van der Waals surface area contributed by atoms with Crippen molar-refractivity contribution in [3.8, 4) is 22.5 Å². The predicted molar refractivity (Wildman–Crippen MR) is 152 cm³/mol. The lowest BCUT2D eigenvalue weighted by Crippen LogP contribution is -2.26. The van der Waals surface area contributed by atoms with Gasteiger partial charge in [0.25, 0.3) is 5.91 Å². The first-order chi connectivity index (χ1) is 20.2. The van der Waals surface area contributed by atoms with Gasteiger partial charge in [0.15, 0.2) is 5.82 Å². The van der Waals surface area contributed by atoms with E-state index in [0.29, 0.717) is 34.9 Å². The molecule has 2 aromatic carbocycles. The number of aliphatic hydroxyl groups is 1. The van der Waals surface area contributed by atoms with Crippen LogP contribution in [0.15, 0.2) is 48.8 Å². The maximum Gasteiger partial charge on any atom is 0.416 e. The summed E-state index contributed by atoms with van der Waals surface area (Å²) in [6.07, 6.45) is -3.25. The standard InChI is InChI=1S/C30H30F4N6O3/c1-5-35-25-10-18(20-7-6-19(31)12-21(20)27-38-36-16-39(27)4)11-26(37-25)40-13-23-22(28(40)41)8-17(9-24(23)30(32,33)34)14-43-15-29(2,3)42/h6-12,16,42H,5,13-15H2,1-4H3,(H,35,37). The van der Waals surface area contributed by atoms with E-state index >= 15 is 0 Å². The van der Waals surface area contributed by atoms with Crippen LogP contribution in [0.1, 0.15) is 47.8 Å². The molecular formula is C30H30F4N6O3. The van der Waals surface area contributed by atoms with E-state index in [-0.39, 0.29) is 42.3 Å². The zero-order chi connectivity index (χ0) is 31.1. The molecule has 2 aromatic heterocycles. The van der Waals surface area contributed by atoms with Crippen molar-refractivity contribution in [2.45, 2.75) is 45.7 Å². The molecular weight excluding hydrogens is 568 g/mol. The summed E-state index contributed by atoms with van der Waals surface area (Å²) in [7, 11) is 1.72. The van der Waals surface area contributed by atoms with Crippen molar-refractivity contribution >= 4 is 17.5 Å². The molecule has 226 valence electrons. The van der Waals surface area contributed by atoms with Crippen molar-refractivity contribution in [3.05, 3.63) is 76.9 Å². The van der Waals surface area contributed by atoms with Crippen molar-refractivity contribution in [2.75, 3.05) is 23.4 Å². The minimum Gasteiger partial charge on any atom is -0.388 e. The summed E-state index contributed by atoms with van der Waals surface area (Å²) in [5.41, 5.74) is -0.683. The Kier molecular flexibility index (Phi) is 7.97. The number of alkyl halides is 3. The molecule has 3 heterocycles. The lowest BCUT2D eigenvalue weighted by atomic mass is 9.99. The molecule has 4 aromatic rings. The topological polar surface area (TPSA) is 105 Å². The Morgan fingerprint density at radius 2 is 1.84 bits per heavy atom. The highest BCUT2D eigenvalue weighted by molar-refractivity contribution is 6.10. The molecule has 0 radical (unpaired) electrons. The van der Waals surface area contributed by atoms with Gasteiger partial charge in [0.2, 0.25) is 0 Å². The first-order valence-electron chi connectivity index (χ1n) is 13.5. The lowest BCUT2D eigenvalue weighted by molar-refractivity contribution is -0.138. The molecule has 0 spiro atoms. The summed E-state index contributed by atoms with van der Waals surface area (Å²) in [6, 6.07) is 9.83. The maximum absolute atomic E-state index is 14.4. The smallest absolute Gasteiger partial charge is 0.388 e. The SMILES string of the molecule is CCNc1cc(-c2ccc(F)cc2-c2nncn2C)cc(N2Cc3c(cc(COCC(C)(C)O)cc3C(F)(F)F)C2=O)n1. The maximum atomic E-state index is 14.4. The Bertz CT molecular complexity index is 1680. The number of aromatic nitrogens is 4. The van der Waals surface area contributed by atoms with Crippen molar-refractivity contribution < 1.29 is 32.2 Å². The summed E-state index contributed by atoms with van der Waals surface area (Å²) >= 11 is 0. The number of nitrogens with zero attached hydrogens (tertiary/aromatic N) is 5. The molecule has 13 heteroatoms. The van der Waals surface area contributed by atoms with Gasteiger partial charge in [-0.05, 0) is 79.4 Å². The number of pyridine rings is 1. The van der Waals surface area contributed by atoms with Gasteiger partial charge in [-0.3, -0.25) is 9.69 Å². The van der Waals surface area contributed by atoms with E-state index in [1.54, 1.807) is 29.8 Å². The van der Waals surface area contributed by atoms with E-state index in [4.69, 9.17) is 4.74 Å². The third-order valence-corrected chi connectivity index (χ3v) is 6.82. The number of fused-ring (bicyclic) bond motifs is 1. The second kappa shape index (κ2) is 11.4. The van der Waals surface area contributed by atoms with Crippen LogP contribution in [0.3, 0.4) is 0 Å². The zero-order valence-corrected chi connectivity index (χ0v) is 24.0. The molecule has 5 rings (SSSR count). The van der Waals surface area contributed by atoms with E-state index in [0.717, 1.165) is 6.07 Å². The van der Waals surface area contributed by atoms with Gasteiger partial charge >= 0.3 is 6.18 Å². The van der Waals surface area contributed by atoms with Crippen molar-refractivity contribution in [3.63, 3.8) is 0 Å². The number of aryl methyl sites for hydroxylation is 1. The Hall–Kier alpha value is -4.36. The highest BCUT2D eigenvalue weighted by Gasteiger charge is 2.41. The van der Waals surface area contributed by atoms with Crippen LogP contribution in [0.4, 0.5) is 29.2 Å². The molecule has 9 nitrogen and oxygen atoms in total. The molecule has 0 aliphatic carbocycles. The monoisotopic (exact) mass is 598 g/mol. The van der Waals surface area contributed by atoms with Crippen molar-refractivity contribution in [1.82, 2.24) is 19.7 Å². The van der Waals surface area contributed by atoms with Crippen LogP contribution in [-0.2, 0) is 31.1 Å². The first-order valence-corrected chi connectivity index (χ1v) is 13.5. The Morgan fingerprint density at radius 1 is 1.07 bits per heavy atom. The van der Waals surface area contributed by atoms with Gasteiger partial charge in [0.05, 0.1) is 30.9 Å². The van der Waals surface area contributed by atoms with E-state index in [2.05, 4.69) is 20.5 Å². The zero-order valence-electron chi connectivity index (χ0n) is 24.0. The minimum absolute atomic E-state index is 0.101. The first kappa shape index (κ1) is 30.1. The highest BCUT2D eigenvalue weighted by atomic mass is 19.4. The summed E-state index contributed by atoms with van der Waals surface area (Å²) in [5.74, 6) is -0.240. The normalized spacial score (nSPS) is 13.5. The molecule has 1 aliphatic rings. The molecule has 43 heavy (non-hydrogen) atoms. The molecule has 2 N–H and O–H groups in total. The number of carbonyl (C=O) groups excluding carboxylic acids is 1. The number of nitrogens with one attached hydrogen (secondary N) is 1. The fourth-order valence-corrected chi connectivity index (χ4v) is 4.97. The second-order valence-corrected chi connectivity index (χ2v) is 10.9. The number of rotatable bonds is 9. The number of amides is 1. The molecule has 1 aliphatic heterocycles. The second-order valence-electron chi connectivity index (χ2n) is 10.9. The molecule has 0 bridgehead atoms. The van der Waals surface area contributed by atoms with Gasteiger partial charge < -0.3 is 19.7 Å². The molecule has 1 amide bonds.